The Morgan fingerprint density at radius 1 is 1.20 bits per heavy atom. The summed E-state index contributed by atoms with van der Waals surface area (Å²) in [5.74, 6) is -0.498. The molecule has 0 saturated carbocycles. The molecule has 0 unspecified atom stereocenters. The van der Waals surface area contributed by atoms with Gasteiger partial charge < -0.3 is 15.5 Å². The lowest BCUT2D eigenvalue weighted by Gasteiger charge is -2.19. The molecule has 1 fully saturated rings. The summed E-state index contributed by atoms with van der Waals surface area (Å²) in [5.41, 5.74) is 0.521. The van der Waals surface area contributed by atoms with E-state index in [1.54, 1.807) is 29.2 Å². The molecule has 0 radical (unpaired) electrons. The van der Waals surface area contributed by atoms with Crippen LogP contribution < -0.4 is 10.6 Å². The predicted molar refractivity (Wildman–Crippen MR) is 73.0 cm³/mol. The van der Waals surface area contributed by atoms with Crippen LogP contribution in [0.3, 0.4) is 0 Å². The second kappa shape index (κ2) is 6.70. The Morgan fingerprint density at radius 2 is 1.95 bits per heavy atom. The van der Waals surface area contributed by atoms with Gasteiger partial charge in [0.15, 0.2) is 0 Å². The van der Waals surface area contributed by atoms with Gasteiger partial charge in [-0.3, -0.25) is 14.4 Å². The lowest BCUT2D eigenvalue weighted by Crippen LogP contribution is -2.41. The molecule has 2 rings (SSSR count). The molecule has 1 aliphatic rings. The minimum atomic E-state index is -0.275. The van der Waals surface area contributed by atoms with Gasteiger partial charge in [0, 0.05) is 31.6 Å². The molecular weight excluding hydrogens is 258 g/mol. The van der Waals surface area contributed by atoms with Gasteiger partial charge in [0.05, 0.1) is 6.54 Å². The van der Waals surface area contributed by atoms with Crippen LogP contribution in [-0.4, -0.2) is 48.8 Å². The molecule has 2 N–H and O–H groups in total. The third-order valence-electron chi connectivity index (χ3n) is 3.10. The SMILES string of the molecule is O=C1CCN(C(=O)CNC(=O)c2ccccc2)CCN1. The van der Waals surface area contributed by atoms with Gasteiger partial charge in [-0.15, -0.1) is 0 Å². The molecule has 1 aromatic rings. The molecule has 0 atom stereocenters. The largest absolute Gasteiger partial charge is 0.354 e. The van der Waals surface area contributed by atoms with Crippen molar-refractivity contribution in [3.8, 4) is 0 Å². The van der Waals surface area contributed by atoms with Crippen molar-refractivity contribution >= 4 is 17.7 Å². The minimum absolute atomic E-state index is 0.0476. The molecule has 0 bridgehead atoms. The highest BCUT2D eigenvalue weighted by Gasteiger charge is 2.18. The zero-order chi connectivity index (χ0) is 14.4. The smallest absolute Gasteiger partial charge is 0.251 e. The van der Waals surface area contributed by atoms with Gasteiger partial charge in [-0.2, -0.15) is 0 Å². The van der Waals surface area contributed by atoms with E-state index < -0.39 is 0 Å². The van der Waals surface area contributed by atoms with Gasteiger partial charge in [-0.05, 0) is 12.1 Å². The number of carbonyl (C=O) groups is 3. The third-order valence-corrected chi connectivity index (χ3v) is 3.10. The van der Waals surface area contributed by atoms with Crippen molar-refractivity contribution in [1.82, 2.24) is 15.5 Å². The molecule has 6 nitrogen and oxygen atoms in total. The maximum atomic E-state index is 12.0. The Kier molecular flexibility index (Phi) is 4.70. The third kappa shape index (κ3) is 3.81. The number of rotatable bonds is 3. The molecular formula is C14H17N3O3. The number of benzene rings is 1. The van der Waals surface area contributed by atoms with Crippen molar-refractivity contribution in [1.29, 1.82) is 0 Å². The molecule has 0 aromatic heterocycles. The first kappa shape index (κ1) is 14.0. The van der Waals surface area contributed by atoms with E-state index in [1.807, 2.05) is 6.07 Å². The van der Waals surface area contributed by atoms with Crippen LogP contribution in [0.25, 0.3) is 0 Å². The summed E-state index contributed by atoms with van der Waals surface area (Å²) in [6.07, 6.45) is 0.304. The minimum Gasteiger partial charge on any atom is -0.354 e. The predicted octanol–water partition coefficient (Wildman–Crippen LogP) is -0.235. The van der Waals surface area contributed by atoms with E-state index in [1.165, 1.54) is 0 Å². The lowest BCUT2D eigenvalue weighted by atomic mass is 10.2. The Hall–Kier alpha value is -2.37. The monoisotopic (exact) mass is 275 g/mol. The standard InChI is InChI=1S/C14H17N3O3/c18-12-6-8-17(9-7-15-12)13(19)10-16-14(20)11-4-2-1-3-5-11/h1-5H,6-10H2,(H,15,18)(H,16,20). The topological polar surface area (TPSA) is 78.5 Å². The maximum absolute atomic E-state index is 12.0. The van der Waals surface area contributed by atoms with Gasteiger partial charge in [0.2, 0.25) is 11.8 Å². The van der Waals surface area contributed by atoms with E-state index in [2.05, 4.69) is 10.6 Å². The zero-order valence-electron chi connectivity index (χ0n) is 11.1. The van der Waals surface area contributed by atoms with E-state index >= 15 is 0 Å². The summed E-state index contributed by atoms with van der Waals surface area (Å²) in [6.45, 7) is 1.27. The summed E-state index contributed by atoms with van der Waals surface area (Å²) in [6, 6.07) is 8.73. The highest BCUT2D eigenvalue weighted by molar-refractivity contribution is 5.96. The number of carbonyl (C=O) groups excluding carboxylic acids is 3. The summed E-state index contributed by atoms with van der Waals surface area (Å²) in [5, 5.41) is 5.29. The fourth-order valence-electron chi connectivity index (χ4n) is 1.98. The average molecular weight is 275 g/mol. The summed E-state index contributed by atoms with van der Waals surface area (Å²) in [7, 11) is 0. The van der Waals surface area contributed by atoms with Crippen LogP contribution in [0.5, 0.6) is 0 Å². The van der Waals surface area contributed by atoms with Gasteiger partial charge in [0.1, 0.15) is 0 Å². The molecule has 0 aliphatic carbocycles. The van der Waals surface area contributed by atoms with Crippen LogP contribution in [0.2, 0.25) is 0 Å². The molecule has 1 aliphatic heterocycles. The molecule has 20 heavy (non-hydrogen) atoms. The molecule has 1 heterocycles. The van der Waals surface area contributed by atoms with Gasteiger partial charge >= 0.3 is 0 Å². The van der Waals surface area contributed by atoms with Crippen molar-refractivity contribution in [2.75, 3.05) is 26.2 Å². The van der Waals surface area contributed by atoms with Crippen LogP contribution in [0.4, 0.5) is 0 Å². The van der Waals surface area contributed by atoms with Crippen molar-refractivity contribution in [2.45, 2.75) is 6.42 Å². The van der Waals surface area contributed by atoms with Crippen LogP contribution in [0.1, 0.15) is 16.8 Å². The van der Waals surface area contributed by atoms with Crippen LogP contribution in [-0.2, 0) is 9.59 Å². The average Bonchev–Trinajstić information content (AvgIpc) is 2.70. The summed E-state index contributed by atoms with van der Waals surface area (Å²) < 4.78 is 0. The van der Waals surface area contributed by atoms with E-state index in [-0.39, 0.29) is 24.3 Å². The maximum Gasteiger partial charge on any atom is 0.251 e. The summed E-state index contributed by atoms with van der Waals surface area (Å²) in [4.78, 5) is 36.5. The molecule has 106 valence electrons. The fourth-order valence-corrected chi connectivity index (χ4v) is 1.98. The van der Waals surface area contributed by atoms with E-state index in [0.717, 1.165) is 0 Å². The number of hydrogen-bond donors (Lipinski definition) is 2. The number of nitrogens with one attached hydrogen (secondary N) is 2. The van der Waals surface area contributed by atoms with E-state index in [9.17, 15) is 14.4 Å². The second-order valence-corrected chi connectivity index (χ2v) is 4.53. The number of amides is 3. The first-order valence-corrected chi connectivity index (χ1v) is 6.54. The second-order valence-electron chi connectivity index (χ2n) is 4.53. The lowest BCUT2D eigenvalue weighted by molar-refractivity contribution is -0.130. The molecule has 1 aromatic carbocycles. The van der Waals surface area contributed by atoms with Crippen molar-refractivity contribution in [2.24, 2.45) is 0 Å². The highest BCUT2D eigenvalue weighted by atomic mass is 16.2. The van der Waals surface area contributed by atoms with Gasteiger partial charge in [0.25, 0.3) is 5.91 Å². The van der Waals surface area contributed by atoms with Crippen LogP contribution in [0.15, 0.2) is 30.3 Å². The van der Waals surface area contributed by atoms with Gasteiger partial charge in [-0.25, -0.2) is 0 Å². The Morgan fingerprint density at radius 3 is 2.70 bits per heavy atom. The number of nitrogens with zero attached hydrogens (tertiary/aromatic N) is 1. The van der Waals surface area contributed by atoms with Crippen LogP contribution in [0, 0.1) is 0 Å². The first-order chi connectivity index (χ1) is 9.66. The van der Waals surface area contributed by atoms with Gasteiger partial charge in [-0.1, -0.05) is 18.2 Å². The van der Waals surface area contributed by atoms with E-state index in [0.29, 0.717) is 31.6 Å². The first-order valence-electron chi connectivity index (χ1n) is 6.54. The van der Waals surface area contributed by atoms with Crippen molar-refractivity contribution in [3.05, 3.63) is 35.9 Å². The number of hydrogen-bond acceptors (Lipinski definition) is 3. The molecule has 0 spiro atoms. The Balaban J connectivity index is 1.83. The Labute approximate surface area is 117 Å². The molecule has 6 heteroatoms. The molecule has 3 amide bonds. The zero-order valence-corrected chi connectivity index (χ0v) is 11.1. The normalized spacial score (nSPS) is 15.2. The quantitative estimate of drug-likeness (QED) is 0.799. The highest BCUT2D eigenvalue weighted by Crippen LogP contribution is 1.99. The summed E-state index contributed by atoms with van der Waals surface area (Å²) >= 11 is 0. The Bertz CT molecular complexity index is 502. The fraction of sp³-hybridized carbons (Fsp3) is 0.357. The van der Waals surface area contributed by atoms with Crippen LogP contribution >= 0.6 is 0 Å². The van der Waals surface area contributed by atoms with E-state index in [4.69, 9.17) is 0 Å². The molecule has 1 saturated heterocycles. The van der Waals surface area contributed by atoms with Crippen molar-refractivity contribution in [3.63, 3.8) is 0 Å². The van der Waals surface area contributed by atoms with Crippen molar-refractivity contribution < 1.29 is 14.4 Å².